The minimum absolute atomic E-state index is 0.0483. The van der Waals surface area contributed by atoms with Gasteiger partial charge in [0, 0.05) is 29.6 Å². The highest BCUT2D eigenvalue weighted by atomic mass is 19.1. The van der Waals surface area contributed by atoms with Gasteiger partial charge in [-0.05, 0) is 85.5 Å². The Morgan fingerprint density at radius 3 is 2.70 bits per heavy atom. The number of aromatic nitrogens is 3. The van der Waals surface area contributed by atoms with Crippen molar-refractivity contribution in [1.29, 1.82) is 0 Å². The summed E-state index contributed by atoms with van der Waals surface area (Å²) >= 11 is 0. The number of hydrogen-bond donors (Lipinski definition) is 3. The number of carbonyl (C=O) groups is 1. The normalized spacial score (nSPS) is 31.7. The van der Waals surface area contributed by atoms with Crippen molar-refractivity contribution in [3.05, 3.63) is 72.2 Å². The van der Waals surface area contributed by atoms with Crippen LogP contribution in [0, 0.1) is 29.0 Å². The minimum atomic E-state index is -0.520. The highest BCUT2D eigenvalue weighted by Gasteiger charge is 2.58. The van der Waals surface area contributed by atoms with Crippen LogP contribution in [0.15, 0.2) is 55.2 Å². The molecule has 5 aliphatic rings. The highest BCUT2D eigenvalue weighted by molar-refractivity contribution is 5.78. The van der Waals surface area contributed by atoms with Gasteiger partial charge in [-0.3, -0.25) is 15.2 Å². The number of rotatable bonds is 7. The zero-order valence-corrected chi connectivity index (χ0v) is 20.7. The van der Waals surface area contributed by atoms with E-state index in [-0.39, 0.29) is 29.2 Å². The number of pyridine rings is 1. The molecular formula is C29H32FN5O2. The van der Waals surface area contributed by atoms with Crippen LogP contribution < -0.4 is 10.9 Å². The number of hydrogen-bond acceptors (Lipinski definition) is 5. The first kappa shape index (κ1) is 23.0. The molecule has 1 amide bonds. The SMILES string of the molecule is O=C(Cc1ccncc1)NNC1C2CC3CC1CC(C(O)CC1c4c(F)cccc4-c4cncn41)(C3)C2. The molecule has 8 heteroatoms. The van der Waals surface area contributed by atoms with E-state index in [4.69, 9.17) is 0 Å². The number of aliphatic hydroxyl groups is 1. The average Bonchev–Trinajstić information content (AvgIpc) is 3.47. The van der Waals surface area contributed by atoms with E-state index in [1.165, 1.54) is 6.07 Å². The maximum Gasteiger partial charge on any atom is 0.238 e. The number of halogens is 1. The van der Waals surface area contributed by atoms with Gasteiger partial charge in [0.1, 0.15) is 5.82 Å². The third kappa shape index (κ3) is 3.80. The van der Waals surface area contributed by atoms with Gasteiger partial charge in [0.25, 0.3) is 0 Å². The number of benzene rings is 1. The summed E-state index contributed by atoms with van der Waals surface area (Å²) in [7, 11) is 0. The van der Waals surface area contributed by atoms with Gasteiger partial charge in [-0.1, -0.05) is 12.1 Å². The Balaban J connectivity index is 1.06. The number of amides is 1. The number of hydrazine groups is 1. The van der Waals surface area contributed by atoms with E-state index in [2.05, 4.69) is 20.8 Å². The van der Waals surface area contributed by atoms with Crippen LogP contribution in [0.2, 0.25) is 0 Å². The number of aliphatic hydroxyl groups excluding tert-OH is 1. The Bertz CT molecular complexity index is 1310. The molecule has 4 fully saturated rings. The maximum atomic E-state index is 15.0. The lowest BCUT2D eigenvalue weighted by atomic mass is 9.46. The molecule has 4 atom stereocenters. The molecule has 3 aromatic rings. The fraction of sp³-hybridized carbons (Fsp3) is 0.483. The van der Waals surface area contributed by atoms with Gasteiger partial charge in [0.15, 0.2) is 0 Å². The molecule has 4 unspecified atom stereocenters. The zero-order chi connectivity index (χ0) is 25.1. The molecule has 2 aromatic heterocycles. The van der Waals surface area contributed by atoms with Crippen molar-refractivity contribution >= 4 is 5.91 Å². The van der Waals surface area contributed by atoms with E-state index < -0.39 is 6.10 Å². The van der Waals surface area contributed by atoms with Crippen molar-refractivity contribution in [2.24, 2.45) is 23.2 Å². The van der Waals surface area contributed by atoms with Crippen LogP contribution in [0.25, 0.3) is 11.3 Å². The molecule has 1 aromatic carbocycles. The summed E-state index contributed by atoms with van der Waals surface area (Å²) in [5.74, 6) is 1.18. The predicted octanol–water partition coefficient (Wildman–Crippen LogP) is 3.80. The molecule has 0 spiro atoms. The Kier molecular flexibility index (Phi) is 5.44. The van der Waals surface area contributed by atoms with Crippen molar-refractivity contribution in [3.8, 4) is 11.3 Å². The number of fused-ring (bicyclic) bond motifs is 3. The van der Waals surface area contributed by atoms with E-state index in [9.17, 15) is 14.3 Å². The third-order valence-electron chi connectivity index (χ3n) is 9.63. The van der Waals surface area contributed by atoms with E-state index in [1.54, 1.807) is 31.0 Å². The highest BCUT2D eigenvalue weighted by Crippen LogP contribution is 2.62. The summed E-state index contributed by atoms with van der Waals surface area (Å²) in [6, 6.07) is 8.90. The largest absolute Gasteiger partial charge is 0.392 e. The second-order valence-corrected chi connectivity index (χ2v) is 11.7. The minimum Gasteiger partial charge on any atom is -0.392 e. The van der Waals surface area contributed by atoms with Gasteiger partial charge in [-0.15, -0.1) is 0 Å². The maximum absolute atomic E-state index is 15.0. The molecule has 37 heavy (non-hydrogen) atoms. The number of carbonyl (C=O) groups excluding carboxylic acids is 1. The first-order valence-corrected chi connectivity index (χ1v) is 13.4. The molecule has 3 heterocycles. The summed E-state index contributed by atoms with van der Waals surface area (Å²) < 4.78 is 17.0. The fourth-order valence-corrected chi connectivity index (χ4v) is 8.32. The summed E-state index contributed by atoms with van der Waals surface area (Å²) in [4.78, 5) is 20.9. The first-order valence-electron chi connectivity index (χ1n) is 13.4. The lowest BCUT2D eigenvalue weighted by Crippen LogP contribution is -2.63. The summed E-state index contributed by atoms with van der Waals surface area (Å²) in [6.45, 7) is 0. The fourth-order valence-electron chi connectivity index (χ4n) is 8.32. The van der Waals surface area contributed by atoms with Crippen molar-refractivity contribution in [1.82, 2.24) is 25.4 Å². The van der Waals surface area contributed by atoms with Gasteiger partial charge in [-0.25, -0.2) is 14.8 Å². The van der Waals surface area contributed by atoms with Crippen LogP contribution in [0.3, 0.4) is 0 Å². The van der Waals surface area contributed by atoms with E-state index in [0.29, 0.717) is 36.2 Å². The Hall–Kier alpha value is -3.10. The number of nitrogens with one attached hydrogen (secondary N) is 2. The number of nitrogens with zero attached hydrogens (tertiary/aromatic N) is 3. The van der Waals surface area contributed by atoms with Crippen molar-refractivity contribution < 1.29 is 14.3 Å². The molecule has 3 N–H and O–H groups in total. The van der Waals surface area contributed by atoms with Gasteiger partial charge in [-0.2, -0.15) is 0 Å². The van der Waals surface area contributed by atoms with Crippen LogP contribution in [0.5, 0.6) is 0 Å². The Labute approximate surface area is 215 Å². The molecule has 8 rings (SSSR count). The van der Waals surface area contributed by atoms with E-state index in [1.807, 2.05) is 22.8 Å². The van der Waals surface area contributed by atoms with Crippen LogP contribution in [-0.4, -0.2) is 37.7 Å². The van der Waals surface area contributed by atoms with Crippen LogP contribution in [-0.2, 0) is 11.2 Å². The van der Waals surface area contributed by atoms with Crippen LogP contribution >= 0.6 is 0 Å². The monoisotopic (exact) mass is 501 g/mol. The van der Waals surface area contributed by atoms with Gasteiger partial charge >= 0.3 is 0 Å². The molecule has 4 aliphatic carbocycles. The predicted molar refractivity (Wildman–Crippen MR) is 135 cm³/mol. The second-order valence-electron chi connectivity index (χ2n) is 11.7. The van der Waals surface area contributed by atoms with Crippen LogP contribution in [0.1, 0.15) is 55.7 Å². The smallest absolute Gasteiger partial charge is 0.238 e. The van der Waals surface area contributed by atoms with Crippen LogP contribution in [0.4, 0.5) is 4.39 Å². The second kappa shape index (κ2) is 8.74. The molecule has 0 radical (unpaired) electrons. The molecule has 192 valence electrons. The molecular weight excluding hydrogens is 469 g/mol. The third-order valence-corrected chi connectivity index (χ3v) is 9.63. The lowest BCUT2D eigenvalue weighted by Gasteiger charge is -2.61. The molecule has 0 saturated heterocycles. The van der Waals surface area contributed by atoms with Crippen molar-refractivity contribution in [2.75, 3.05) is 0 Å². The zero-order valence-electron chi connectivity index (χ0n) is 20.7. The average molecular weight is 502 g/mol. The Morgan fingerprint density at radius 1 is 1.14 bits per heavy atom. The first-order chi connectivity index (χ1) is 18.0. The molecule has 4 saturated carbocycles. The van der Waals surface area contributed by atoms with Gasteiger partial charge in [0.2, 0.25) is 5.91 Å². The van der Waals surface area contributed by atoms with Crippen molar-refractivity contribution in [3.63, 3.8) is 0 Å². The quantitative estimate of drug-likeness (QED) is 0.429. The van der Waals surface area contributed by atoms with E-state index >= 15 is 0 Å². The lowest BCUT2D eigenvalue weighted by molar-refractivity contribution is -0.142. The van der Waals surface area contributed by atoms with Crippen molar-refractivity contribution in [2.45, 2.75) is 63.1 Å². The molecule has 1 aliphatic heterocycles. The van der Waals surface area contributed by atoms with E-state index in [0.717, 1.165) is 48.9 Å². The Morgan fingerprint density at radius 2 is 1.92 bits per heavy atom. The molecule has 4 bridgehead atoms. The topological polar surface area (TPSA) is 92.1 Å². The standard InChI is InChI=1S/C29H32FN5O2/c30-22-3-1-2-21-24-15-32-16-35(24)23(27(21)22)11-25(36)29-12-18-8-19(13-29)28(20(9-18)14-29)34-33-26(37)10-17-4-6-31-7-5-17/h1-7,15-16,18-20,23,25,28,34,36H,8-14H2,(H,33,37). The summed E-state index contributed by atoms with van der Waals surface area (Å²) in [5.41, 5.74) is 9.62. The van der Waals surface area contributed by atoms with Gasteiger partial charge < -0.3 is 9.67 Å². The molecule has 7 nitrogen and oxygen atoms in total. The summed E-state index contributed by atoms with van der Waals surface area (Å²) in [6.07, 6.45) is 12.4. The van der Waals surface area contributed by atoms with Gasteiger partial charge in [0.05, 0.1) is 36.8 Å². The summed E-state index contributed by atoms with van der Waals surface area (Å²) in [5, 5.41) is 11.8. The number of imidazole rings is 1.